The molecule has 0 bridgehead atoms. The second kappa shape index (κ2) is 7.64. The predicted molar refractivity (Wildman–Crippen MR) is 117 cm³/mol. The molecule has 2 amide bonds. The van der Waals surface area contributed by atoms with Gasteiger partial charge in [0.1, 0.15) is 0 Å². The first-order valence-electron chi connectivity index (χ1n) is 11.6. The smallest absolute Gasteiger partial charge is 0.378 e. The summed E-state index contributed by atoms with van der Waals surface area (Å²) in [7, 11) is 0. The van der Waals surface area contributed by atoms with Crippen molar-refractivity contribution in [1.82, 2.24) is 19.8 Å². The fourth-order valence-corrected chi connectivity index (χ4v) is 4.79. The molecule has 3 fully saturated rings. The highest BCUT2D eigenvalue weighted by Crippen LogP contribution is 2.59. The summed E-state index contributed by atoms with van der Waals surface area (Å²) in [5.41, 5.74) is 0.326. The minimum absolute atomic E-state index is 0.0111. The molecule has 3 heterocycles. The Balaban J connectivity index is 1.53. The number of amides is 2. The number of rotatable bonds is 6. The number of piperidine rings is 1. The first-order valence-corrected chi connectivity index (χ1v) is 11.6. The second-order valence-electron chi connectivity index (χ2n) is 10.0. The average molecular weight is 477 g/mol. The third kappa shape index (κ3) is 3.57. The molecule has 0 radical (unpaired) electrons. The molecule has 3 N–H and O–H groups in total. The number of aromatic amines is 1. The van der Waals surface area contributed by atoms with E-state index in [9.17, 15) is 28.3 Å². The summed E-state index contributed by atoms with van der Waals surface area (Å²) >= 11 is 0. The number of nitrogens with zero attached hydrogens (tertiary/aromatic N) is 3. The van der Waals surface area contributed by atoms with Crippen LogP contribution in [-0.2, 0) is 11.3 Å². The number of hydrogen-bond donors (Lipinski definition) is 3. The lowest BCUT2D eigenvalue weighted by Gasteiger charge is -2.17. The van der Waals surface area contributed by atoms with Crippen LogP contribution in [0.3, 0.4) is 0 Å². The van der Waals surface area contributed by atoms with Crippen molar-refractivity contribution in [3.05, 3.63) is 33.3 Å². The van der Waals surface area contributed by atoms with Gasteiger partial charge in [0.25, 0.3) is 11.8 Å². The molecule has 3 aliphatic rings. The van der Waals surface area contributed by atoms with Gasteiger partial charge in [0.15, 0.2) is 0 Å². The molecule has 1 saturated heterocycles. The molecule has 1 aliphatic heterocycles. The van der Waals surface area contributed by atoms with Crippen LogP contribution in [0, 0.1) is 24.7 Å². The number of carbonyl (C=O) groups excluding carboxylic acids is 2. The second-order valence-corrected chi connectivity index (χ2v) is 10.0. The van der Waals surface area contributed by atoms with Crippen LogP contribution in [0.4, 0.5) is 8.78 Å². The Bertz CT molecular complexity index is 1280. The van der Waals surface area contributed by atoms with Crippen LogP contribution in [-0.4, -0.2) is 56.5 Å². The molecule has 2 unspecified atom stereocenters. The molecule has 2 aromatic heterocycles. The maximum absolute atomic E-state index is 13.5. The van der Waals surface area contributed by atoms with E-state index in [-0.39, 0.29) is 36.5 Å². The maximum atomic E-state index is 13.5. The lowest BCUT2D eigenvalue weighted by atomic mass is 10.1. The van der Waals surface area contributed by atoms with E-state index in [0.717, 1.165) is 12.8 Å². The molecule has 5 rings (SSSR count). The lowest BCUT2D eigenvalue weighted by Crippen LogP contribution is -2.46. The van der Waals surface area contributed by atoms with Gasteiger partial charge in [-0.25, -0.2) is 18.7 Å². The first-order chi connectivity index (χ1) is 16.0. The van der Waals surface area contributed by atoms with Crippen molar-refractivity contribution in [2.24, 2.45) is 17.8 Å². The zero-order chi connectivity index (χ0) is 24.5. The molecule has 2 aliphatic carbocycles. The number of hydrogen-bond acceptors (Lipinski definition) is 4. The monoisotopic (exact) mass is 476 g/mol. The fraction of sp³-hybridized carbons (Fsp3) is 0.565. The van der Waals surface area contributed by atoms with Gasteiger partial charge < -0.3 is 15.3 Å². The molecule has 0 spiro atoms. The van der Waals surface area contributed by atoms with Gasteiger partial charge >= 0.3 is 17.1 Å². The number of aryl methyl sites for hydroxylation is 1. The van der Waals surface area contributed by atoms with Crippen LogP contribution in [0.25, 0.3) is 11.7 Å². The van der Waals surface area contributed by atoms with Crippen molar-refractivity contribution in [1.29, 1.82) is 0 Å². The minimum atomic E-state index is -2.67. The van der Waals surface area contributed by atoms with E-state index < -0.39 is 35.1 Å². The standard InChI is InChI=1S/C23H27F2N5O4/c1-11(2)8-29-20-14(6-7-17(31)28-9-15-16(10-28)23(15,24)25)12(3)27-30(20)22(34)18(21(29)33)19(32)26-13-4-5-13/h6-7,11,13,15-16H,4-5,8-10H2,1-3H3,(H2,26,32,33,34)/p+1/b7-6+. The summed E-state index contributed by atoms with van der Waals surface area (Å²) in [5, 5.41) is 16.7. The number of alkyl halides is 2. The average Bonchev–Trinajstić information content (AvgIpc) is 3.51. The lowest BCUT2D eigenvalue weighted by molar-refractivity contribution is -0.686. The van der Waals surface area contributed by atoms with E-state index in [0.29, 0.717) is 23.4 Å². The number of nitrogens with one attached hydrogen (secondary N) is 2. The Morgan fingerprint density at radius 3 is 2.53 bits per heavy atom. The Kier molecular flexibility index (Phi) is 5.07. The normalized spacial score (nSPS) is 23.2. The van der Waals surface area contributed by atoms with Crippen LogP contribution in [0.5, 0.6) is 5.88 Å². The maximum Gasteiger partial charge on any atom is 0.378 e. The summed E-state index contributed by atoms with van der Waals surface area (Å²) in [4.78, 5) is 39.9. The number of likely N-dealkylation sites (tertiary alicyclic amines) is 1. The SMILES string of the molecule is Cc1[nH]n2c(=O)c(C(=O)NC3CC3)c(O)[n+](CC(C)C)c2c1/C=C/C(=O)N1CC2C(C1)C2(F)F. The van der Waals surface area contributed by atoms with Crippen molar-refractivity contribution in [2.75, 3.05) is 13.1 Å². The van der Waals surface area contributed by atoms with E-state index in [1.807, 2.05) is 13.8 Å². The molecular formula is C23H28F2N5O4+. The van der Waals surface area contributed by atoms with E-state index in [2.05, 4.69) is 10.4 Å². The summed E-state index contributed by atoms with van der Waals surface area (Å²) < 4.78 is 29.6. The molecular weight excluding hydrogens is 448 g/mol. The van der Waals surface area contributed by atoms with E-state index in [1.165, 1.54) is 26.1 Å². The van der Waals surface area contributed by atoms with Gasteiger partial charge in [-0.2, -0.15) is 4.57 Å². The zero-order valence-electron chi connectivity index (χ0n) is 19.3. The number of halogens is 2. The molecule has 2 saturated carbocycles. The number of aromatic hydroxyl groups is 1. The van der Waals surface area contributed by atoms with Gasteiger partial charge in [-0.1, -0.05) is 18.4 Å². The highest BCUT2D eigenvalue weighted by molar-refractivity contribution is 5.96. The fourth-order valence-electron chi connectivity index (χ4n) is 4.79. The van der Waals surface area contributed by atoms with Crippen LogP contribution in [0.1, 0.15) is 48.3 Å². The van der Waals surface area contributed by atoms with E-state index in [4.69, 9.17) is 0 Å². The summed E-state index contributed by atoms with van der Waals surface area (Å²) in [5.74, 6) is -5.56. The first kappa shape index (κ1) is 22.5. The molecule has 182 valence electrons. The van der Waals surface area contributed by atoms with Gasteiger partial charge in [0.2, 0.25) is 11.5 Å². The third-order valence-electron chi connectivity index (χ3n) is 6.88. The van der Waals surface area contributed by atoms with E-state index in [1.54, 1.807) is 6.92 Å². The van der Waals surface area contributed by atoms with Crippen molar-refractivity contribution < 1.29 is 28.0 Å². The summed E-state index contributed by atoms with van der Waals surface area (Å²) in [6.45, 7) is 5.95. The highest BCUT2D eigenvalue weighted by Gasteiger charge is 2.72. The number of aromatic nitrogens is 3. The zero-order valence-corrected chi connectivity index (χ0v) is 19.3. The molecule has 34 heavy (non-hydrogen) atoms. The van der Waals surface area contributed by atoms with Crippen LogP contribution < -0.4 is 15.4 Å². The van der Waals surface area contributed by atoms with Crippen molar-refractivity contribution >= 4 is 23.5 Å². The molecule has 11 heteroatoms. The number of carbonyl (C=O) groups is 2. The van der Waals surface area contributed by atoms with E-state index >= 15 is 0 Å². The van der Waals surface area contributed by atoms with Gasteiger partial charge in [-0.15, -0.1) is 0 Å². The van der Waals surface area contributed by atoms with Gasteiger partial charge in [0, 0.05) is 25.2 Å². The van der Waals surface area contributed by atoms with Crippen molar-refractivity contribution in [3.63, 3.8) is 0 Å². The Morgan fingerprint density at radius 1 is 1.29 bits per heavy atom. The quantitative estimate of drug-likeness (QED) is 0.430. The minimum Gasteiger partial charge on any atom is -0.477 e. The van der Waals surface area contributed by atoms with Gasteiger partial charge in [-0.3, -0.25) is 9.59 Å². The molecule has 2 aromatic rings. The number of H-pyrrole nitrogens is 1. The predicted octanol–water partition coefficient (Wildman–Crippen LogP) is 1.21. The third-order valence-corrected chi connectivity index (χ3v) is 6.88. The largest absolute Gasteiger partial charge is 0.477 e. The Labute approximate surface area is 194 Å². The molecule has 9 nitrogen and oxygen atoms in total. The Morgan fingerprint density at radius 2 is 1.94 bits per heavy atom. The summed E-state index contributed by atoms with van der Waals surface area (Å²) in [6, 6.07) is 0.0111. The topological polar surface area (TPSA) is 111 Å². The molecule has 2 atom stereocenters. The number of fused-ring (bicyclic) bond motifs is 2. The Hall–Kier alpha value is -3.24. The van der Waals surface area contributed by atoms with Gasteiger partial charge in [-0.05, 0) is 31.8 Å². The van der Waals surface area contributed by atoms with Crippen molar-refractivity contribution in [2.45, 2.75) is 52.1 Å². The van der Waals surface area contributed by atoms with Crippen molar-refractivity contribution in [3.8, 4) is 5.88 Å². The van der Waals surface area contributed by atoms with Crippen LogP contribution in [0.15, 0.2) is 10.9 Å². The van der Waals surface area contributed by atoms with Gasteiger partial charge in [0.05, 0.1) is 29.6 Å². The highest BCUT2D eigenvalue weighted by atomic mass is 19.3. The summed E-state index contributed by atoms with van der Waals surface area (Å²) in [6.07, 6.45) is 4.49. The molecule has 0 aromatic carbocycles. The van der Waals surface area contributed by atoms with Crippen LogP contribution in [0.2, 0.25) is 0 Å². The van der Waals surface area contributed by atoms with Crippen LogP contribution >= 0.6 is 0 Å².